The van der Waals surface area contributed by atoms with Crippen molar-refractivity contribution in [2.75, 3.05) is 5.32 Å². The molecule has 2 N–H and O–H groups in total. The molecule has 1 unspecified atom stereocenters. The fourth-order valence-corrected chi connectivity index (χ4v) is 2.60. The maximum Gasteiger partial charge on any atom is 0.320 e. The molecule has 1 heterocycles. The Hall–Kier alpha value is -3.75. The van der Waals surface area contributed by atoms with E-state index in [1.165, 1.54) is 30.3 Å². The lowest BCUT2D eigenvalue weighted by Crippen LogP contribution is -2.34. The summed E-state index contributed by atoms with van der Waals surface area (Å²) in [6.45, 7) is 0. The van der Waals surface area contributed by atoms with Gasteiger partial charge in [0.1, 0.15) is 17.7 Å². The molecule has 0 spiro atoms. The second-order valence-corrected chi connectivity index (χ2v) is 5.79. The number of non-ortho nitro benzene ring substituents is 1. The number of halogens is 1. The van der Waals surface area contributed by atoms with Crippen LogP contribution in [-0.2, 0) is 7.05 Å². The van der Waals surface area contributed by atoms with E-state index in [4.69, 9.17) is 0 Å². The predicted octanol–water partition coefficient (Wildman–Crippen LogP) is 3.38. The van der Waals surface area contributed by atoms with Gasteiger partial charge in [-0.1, -0.05) is 18.2 Å². The first-order chi connectivity index (χ1) is 12.9. The topological polar surface area (TPSA) is 102 Å². The van der Waals surface area contributed by atoms with Crippen molar-refractivity contribution < 1.29 is 14.1 Å². The fourth-order valence-electron chi connectivity index (χ4n) is 2.60. The van der Waals surface area contributed by atoms with E-state index >= 15 is 0 Å². The van der Waals surface area contributed by atoms with Gasteiger partial charge in [-0.15, -0.1) is 0 Å². The Morgan fingerprint density at radius 1 is 1.26 bits per heavy atom. The molecule has 9 heteroatoms. The molecule has 0 saturated heterocycles. The number of nitrogens with zero attached hydrogens (tertiary/aromatic N) is 3. The van der Waals surface area contributed by atoms with Crippen LogP contribution < -0.4 is 10.6 Å². The number of rotatable bonds is 5. The Bertz CT molecular complexity index is 971. The number of aryl methyl sites for hydroxylation is 1. The molecule has 0 aliphatic carbocycles. The van der Waals surface area contributed by atoms with Gasteiger partial charge in [0, 0.05) is 37.3 Å². The molecular formula is C18H16FN5O3. The third kappa shape index (κ3) is 4.27. The van der Waals surface area contributed by atoms with Crippen LogP contribution in [0.15, 0.2) is 60.9 Å². The number of urea groups is 1. The highest BCUT2D eigenvalue weighted by Crippen LogP contribution is 2.22. The van der Waals surface area contributed by atoms with E-state index in [1.807, 2.05) is 0 Å². The summed E-state index contributed by atoms with van der Waals surface area (Å²) in [5.74, 6) is 0.161. The molecule has 0 saturated carbocycles. The highest BCUT2D eigenvalue weighted by atomic mass is 19.1. The van der Waals surface area contributed by atoms with E-state index in [-0.39, 0.29) is 11.4 Å². The zero-order valence-electron chi connectivity index (χ0n) is 14.3. The number of hydrogen-bond donors (Lipinski definition) is 2. The van der Waals surface area contributed by atoms with E-state index in [0.717, 1.165) is 0 Å². The number of carbonyl (C=O) groups is 1. The molecule has 3 rings (SSSR count). The van der Waals surface area contributed by atoms with Crippen LogP contribution in [0.5, 0.6) is 0 Å². The van der Waals surface area contributed by atoms with E-state index < -0.39 is 22.8 Å². The van der Waals surface area contributed by atoms with E-state index in [0.29, 0.717) is 11.4 Å². The summed E-state index contributed by atoms with van der Waals surface area (Å²) in [5.41, 5.74) is 0.784. The van der Waals surface area contributed by atoms with Crippen LogP contribution in [0.2, 0.25) is 0 Å². The van der Waals surface area contributed by atoms with Crippen LogP contribution in [0, 0.1) is 15.9 Å². The normalized spacial score (nSPS) is 11.6. The second kappa shape index (κ2) is 7.65. The molecule has 0 aliphatic rings. The Morgan fingerprint density at radius 2 is 2.00 bits per heavy atom. The minimum atomic E-state index is -0.635. The summed E-state index contributed by atoms with van der Waals surface area (Å²) in [6, 6.07) is 10.1. The molecule has 138 valence electrons. The Labute approximate surface area is 153 Å². The van der Waals surface area contributed by atoms with E-state index in [2.05, 4.69) is 15.6 Å². The van der Waals surface area contributed by atoms with E-state index in [9.17, 15) is 19.3 Å². The monoisotopic (exact) mass is 369 g/mol. The van der Waals surface area contributed by atoms with Gasteiger partial charge in [0.05, 0.1) is 4.92 Å². The maximum atomic E-state index is 13.2. The number of nitro groups is 1. The summed E-state index contributed by atoms with van der Waals surface area (Å²) >= 11 is 0. The first-order valence-corrected chi connectivity index (χ1v) is 7.98. The molecule has 8 nitrogen and oxygen atoms in total. The molecular weight excluding hydrogens is 353 g/mol. The minimum Gasteiger partial charge on any atom is -0.336 e. The third-order valence-corrected chi connectivity index (χ3v) is 3.91. The molecule has 2 amide bonds. The van der Waals surface area contributed by atoms with Crippen molar-refractivity contribution in [1.29, 1.82) is 0 Å². The molecule has 0 aliphatic heterocycles. The Morgan fingerprint density at radius 3 is 2.63 bits per heavy atom. The van der Waals surface area contributed by atoms with Crippen LogP contribution in [0.4, 0.5) is 20.6 Å². The van der Waals surface area contributed by atoms with Crippen molar-refractivity contribution in [3.05, 3.63) is 88.2 Å². The number of nitrogens with one attached hydrogen (secondary N) is 2. The molecule has 0 bridgehead atoms. The first kappa shape index (κ1) is 18.1. The van der Waals surface area contributed by atoms with Gasteiger partial charge in [0.15, 0.2) is 0 Å². The van der Waals surface area contributed by atoms with Gasteiger partial charge >= 0.3 is 6.03 Å². The van der Waals surface area contributed by atoms with E-state index in [1.54, 1.807) is 42.2 Å². The second-order valence-electron chi connectivity index (χ2n) is 5.79. The summed E-state index contributed by atoms with van der Waals surface area (Å²) in [7, 11) is 1.78. The van der Waals surface area contributed by atoms with Gasteiger partial charge < -0.3 is 15.2 Å². The Kier molecular flexibility index (Phi) is 5.11. The van der Waals surface area contributed by atoms with Gasteiger partial charge in [-0.3, -0.25) is 10.1 Å². The SMILES string of the molecule is Cn1ccnc1C(NC(=O)Nc1cccc([N+](=O)[O-])c1)c1ccc(F)cc1. The van der Waals surface area contributed by atoms with Crippen molar-refractivity contribution in [2.45, 2.75) is 6.04 Å². The summed E-state index contributed by atoms with van der Waals surface area (Å²) < 4.78 is 15.0. The molecule has 3 aromatic rings. The lowest BCUT2D eigenvalue weighted by atomic mass is 10.1. The standard InChI is InChI=1S/C18H16FN5O3/c1-23-10-9-20-17(23)16(12-5-7-13(19)8-6-12)22-18(25)21-14-3-2-4-15(11-14)24(26)27/h2-11,16H,1H3,(H2,21,22,25). The van der Waals surface area contributed by atoms with Crippen LogP contribution in [0.25, 0.3) is 0 Å². The average Bonchev–Trinajstić information content (AvgIpc) is 3.06. The number of nitro benzene ring substituents is 1. The highest BCUT2D eigenvalue weighted by molar-refractivity contribution is 5.90. The summed E-state index contributed by atoms with van der Waals surface area (Å²) in [6.07, 6.45) is 3.32. The number of anilines is 1. The van der Waals surface area contributed by atoms with Crippen LogP contribution in [0.1, 0.15) is 17.4 Å². The van der Waals surface area contributed by atoms with Crippen molar-refractivity contribution in [3.8, 4) is 0 Å². The zero-order chi connectivity index (χ0) is 19.4. The van der Waals surface area contributed by atoms with Gasteiger partial charge in [0.2, 0.25) is 0 Å². The van der Waals surface area contributed by atoms with Crippen molar-refractivity contribution in [2.24, 2.45) is 7.05 Å². The van der Waals surface area contributed by atoms with Crippen molar-refractivity contribution >= 4 is 17.4 Å². The number of carbonyl (C=O) groups excluding carboxylic acids is 1. The Balaban J connectivity index is 1.83. The quantitative estimate of drug-likeness (QED) is 0.532. The van der Waals surface area contributed by atoms with Gasteiger partial charge in [0.25, 0.3) is 5.69 Å². The maximum absolute atomic E-state index is 13.2. The van der Waals surface area contributed by atoms with Crippen LogP contribution >= 0.6 is 0 Å². The van der Waals surface area contributed by atoms with Crippen LogP contribution in [-0.4, -0.2) is 20.5 Å². The third-order valence-electron chi connectivity index (χ3n) is 3.91. The number of benzene rings is 2. The van der Waals surface area contributed by atoms with Gasteiger partial charge in [-0.05, 0) is 23.8 Å². The molecule has 0 fully saturated rings. The van der Waals surface area contributed by atoms with Gasteiger partial charge in [-0.25, -0.2) is 14.2 Å². The highest BCUT2D eigenvalue weighted by Gasteiger charge is 2.21. The molecule has 27 heavy (non-hydrogen) atoms. The number of amides is 2. The summed E-state index contributed by atoms with van der Waals surface area (Å²) in [5, 5.41) is 16.2. The lowest BCUT2D eigenvalue weighted by Gasteiger charge is -2.19. The van der Waals surface area contributed by atoms with Crippen molar-refractivity contribution in [3.63, 3.8) is 0 Å². The molecule has 1 aromatic heterocycles. The largest absolute Gasteiger partial charge is 0.336 e. The van der Waals surface area contributed by atoms with Gasteiger partial charge in [-0.2, -0.15) is 0 Å². The van der Waals surface area contributed by atoms with Crippen molar-refractivity contribution in [1.82, 2.24) is 14.9 Å². The first-order valence-electron chi connectivity index (χ1n) is 7.98. The predicted molar refractivity (Wildman–Crippen MR) is 96.7 cm³/mol. The number of hydrogen-bond acceptors (Lipinski definition) is 4. The smallest absolute Gasteiger partial charge is 0.320 e. The lowest BCUT2D eigenvalue weighted by molar-refractivity contribution is -0.384. The van der Waals surface area contributed by atoms with Crippen LogP contribution in [0.3, 0.4) is 0 Å². The molecule has 1 atom stereocenters. The fraction of sp³-hybridized carbons (Fsp3) is 0.111. The number of imidazole rings is 1. The average molecular weight is 369 g/mol. The zero-order valence-corrected chi connectivity index (χ0v) is 14.3. The molecule has 0 radical (unpaired) electrons. The molecule has 2 aromatic carbocycles. The number of aromatic nitrogens is 2. The summed E-state index contributed by atoms with van der Waals surface area (Å²) in [4.78, 5) is 27.0. The minimum absolute atomic E-state index is 0.132.